The minimum atomic E-state index is -1.73. The van der Waals surface area contributed by atoms with Crippen LogP contribution in [0.5, 0.6) is 0 Å². The molecule has 0 aliphatic rings. The first-order valence-electron chi connectivity index (χ1n) is 11.6. The maximum absolute atomic E-state index is 13.8. The Kier molecular flexibility index (Phi) is 8.35. The molecule has 1 atom stereocenters. The second-order valence-corrected chi connectivity index (χ2v) is 8.20. The van der Waals surface area contributed by atoms with E-state index in [0.717, 1.165) is 19.2 Å². The van der Waals surface area contributed by atoms with Crippen molar-refractivity contribution in [1.29, 1.82) is 0 Å². The predicted molar refractivity (Wildman–Crippen MR) is 135 cm³/mol. The molecule has 0 radical (unpaired) electrons. The number of aromatic nitrogens is 2. The molecule has 0 saturated carbocycles. The van der Waals surface area contributed by atoms with E-state index in [2.05, 4.69) is 9.97 Å². The third-order valence-corrected chi connectivity index (χ3v) is 5.68. The van der Waals surface area contributed by atoms with Gasteiger partial charge in [0.25, 0.3) is 0 Å². The fourth-order valence-corrected chi connectivity index (χ4v) is 3.78. The highest BCUT2D eigenvalue weighted by atomic mass is 19.1. The van der Waals surface area contributed by atoms with Crippen LogP contribution in [0.4, 0.5) is 8.78 Å². The van der Waals surface area contributed by atoms with Crippen molar-refractivity contribution in [2.45, 2.75) is 12.5 Å². The summed E-state index contributed by atoms with van der Waals surface area (Å²) < 4.78 is 42.6. The Labute approximate surface area is 222 Å². The van der Waals surface area contributed by atoms with Crippen molar-refractivity contribution < 1.29 is 37.4 Å². The van der Waals surface area contributed by atoms with Gasteiger partial charge in [-0.3, -0.25) is 4.79 Å². The van der Waals surface area contributed by atoms with Gasteiger partial charge in [0.05, 0.1) is 31.9 Å². The number of halogens is 2. The molecule has 10 heteroatoms. The van der Waals surface area contributed by atoms with Crippen LogP contribution < -0.4 is 0 Å². The predicted octanol–water partition coefficient (Wildman–Crippen LogP) is 4.88. The van der Waals surface area contributed by atoms with Crippen LogP contribution in [0.15, 0.2) is 78.9 Å². The lowest BCUT2D eigenvalue weighted by Crippen LogP contribution is -2.24. The van der Waals surface area contributed by atoms with Gasteiger partial charge in [-0.2, -0.15) is 0 Å². The second kappa shape index (κ2) is 12.0. The molecule has 0 fully saturated rings. The van der Waals surface area contributed by atoms with Crippen LogP contribution in [0.2, 0.25) is 0 Å². The van der Waals surface area contributed by atoms with E-state index in [4.69, 9.17) is 14.2 Å². The van der Waals surface area contributed by atoms with Gasteiger partial charge in [0.2, 0.25) is 6.10 Å². The fourth-order valence-electron chi connectivity index (χ4n) is 3.78. The Hall–Kier alpha value is -4.99. The Bertz CT molecular complexity index is 1490. The zero-order valence-corrected chi connectivity index (χ0v) is 20.9. The number of benzene rings is 3. The molecule has 1 unspecified atom stereocenters. The maximum Gasteiger partial charge on any atom is 0.353 e. The molecule has 8 nitrogen and oxygen atoms in total. The monoisotopic (exact) mass is 532 g/mol. The summed E-state index contributed by atoms with van der Waals surface area (Å²) >= 11 is 0. The lowest BCUT2D eigenvalue weighted by Gasteiger charge is -2.21. The molecule has 0 N–H and O–H groups in total. The molecule has 1 aromatic heterocycles. The van der Waals surface area contributed by atoms with Crippen LogP contribution >= 0.6 is 0 Å². The highest BCUT2D eigenvalue weighted by Gasteiger charge is 2.34. The summed E-state index contributed by atoms with van der Waals surface area (Å²) in [6, 6.07) is 18.5. The molecule has 0 bridgehead atoms. The summed E-state index contributed by atoms with van der Waals surface area (Å²) in [5.74, 6) is -3.53. The normalized spacial score (nSPS) is 11.4. The molecule has 198 valence electrons. The van der Waals surface area contributed by atoms with Crippen molar-refractivity contribution in [3.8, 4) is 22.5 Å². The number of nitrogens with zero attached hydrogens (tertiary/aromatic N) is 2. The van der Waals surface area contributed by atoms with Crippen molar-refractivity contribution >= 4 is 17.9 Å². The minimum Gasteiger partial charge on any atom is -0.469 e. The molecule has 0 saturated heterocycles. The topological polar surface area (TPSA) is 105 Å². The van der Waals surface area contributed by atoms with E-state index in [1.165, 1.54) is 43.5 Å². The molecule has 4 rings (SSSR count). The summed E-state index contributed by atoms with van der Waals surface area (Å²) in [6.45, 7) is 0. The van der Waals surface area contributed by atoms with Gasteiger partial charge in [-0.05, 0) is 42.0 Å². The van der Waals surface area contributed by atoms with Crippen molar-refractivity contribution in [3.63, 3.8) is 0 Å². The fraction of sp³-hybridized carbons (Fsp3) is 0.138. The zero-order valence-electron chi connectivity index (χ0n) is 20.9. The lowest BCUT2D eigenvalue weighted by molar-refractivity contribution is -0.151. The maximum atomic E-state index is 13.8. The number of methoxy groups -OCH3 is 2. The third kappa shape index (κ3) is 6.30. The smallest absolute Gasteiger partial charge is 0.353 e. The summed E-state index contributed by atoms with van der Waals surface area (Å²) in [4.78, 5) is 47.5. The summed E-state index contributed by atoms with van der Waals surface area (Å²) in [6.07, 6.45) is -2.06. The lowest BCUT2D eigenvalue weighted by atomic mass is 9.96. The van der Waals surface area contributed by atoms with E-state index in [1.54, 1.807) is 30.3 Å². The van der Waals surface area contributed by atoms with Gasteiger partial charge in [-0.15, -0.1) is 0 Å². The highest BCUT2D eigenvalue weighted by molar-refractivity contribution is 5.92. The number of hydrogen-bond acceptors (Lipinski definition) is 8. The number of carbonyl (C=O) groups is 3. The summed E-state index contributed by atoms with van der Waals surface area (Å²) in [5, 5.41) is 0. The highest BCUT2D eigenvalue weighted by Crippen LogP contribution is 2.35. The van der Waals surface area contributed by atoms with Crippen LogP contribution in [0, 0.1) is 11.6 Å². The minimum absolute atomic E-state index is 0.0271. The number of hydrogen-bond donors (Lipinski definition) is 0. The largest absolute Gasteiger partial charge is 0.469 e. The van der Waals surface area contributed by atoms with E-state index in [-0.39, 0.29) is 34.8 Å². The van der Waals surface area contributed by atoms with E-state index in [0.29, 0.717) is 11.1 Å². The van der Waals surface area contributed by atoms with Crippen molar-refractivity contribution in [2.24, 2.45) is 0 Å². The second-order valence-electron chi connectivity index (χ2n) is 8.20. The molecule has 0 amide bonds. The zero-order chi connectivity index (χ0) is 27.9. The Morgan fingerprint density at radius 3 is 1.97 bits per heavy atom. The first kappa shape index (κ1) is 27.1. The van der Waals surface area contributed by atoms with Gasteiger partial charge < -0.3 is 14.2 Å². The van der Waals surface area contributed by atoms with Crippen molar-refractivity contribution in [2.75, 3.05) is 14.2 Å². The van der Waals surface area contributed by atoms with E-state index < -0.39 is 35.6 Å². The molecule has 0 spiro atoms. The average Bonchev–Trinajstić information content (AvgIpc) is 2.96. The Morgan fingerprint density at radius 2 is 1.38 bits per heavy atom. The van der Waals surface area contributed by atoms with Gasteiger partial charge in [-0.1, -0.05) is 42.5 Å². The van der Waals surface area contributed by atoms with Gasteiger partial charge >= 0.3 is 17.9 Å². The Balaban J connectivity index is 1.96. The first-order valence-corrected chi connectivity index (χ1v) is 11.6. The molecule has 0 aliphatic carbocycles. The number of esters is 3. The van der Waals surface area contributed by atoms with Gasteiger partial charge in [-0.25, -0.2) is 28.3 Å². The van der Waals surface area contributed by atoms with E-state index in [1.807, 2.05) is 0 Å². The number of ether oxygens (including phenoxy) is 3. The van der Waals surface area contributed by atoms with Crippen LogP contribution in [-0.2, 0) is 30.2 Å². The molecule has 1 heterocycles. The average molecular weight is 532 g/mol. The molecule has 0 aliphatic heterocycles. The van der Waals surface area contributed by atoms with E-state index in [9.17, 15) is 23.2 Å². The van der Waals surface area contributed by atoms with Crippen LogP contribution in [0.1, 0.15) is 27.8 Å². The van der Waals surface area contributed by atoms with E-state index >= 15 is 0 Å². The SMILES string of the molecule is COC(=O)Cc1nc(-c2ccccc2)nc(C(OC(=O)c2ccc(F)cc2)C(=O)OC)c1-c1ccc(F)cc1. The van der Waals surface area contributed by atoms with Gasteiger partial charge in [0.1, 0.15) is 17.3 Å². The number of carbonyl (C=O) groups excluding carboxylic acids is 3. The first-order chi connectivity index (χ1) is 18.8. The molecule has 39 heavy (non-hydrogen) atoms. The standard InChI is InChI=1S/C29H22F2N2O6/c1-37-23(34)16-22-24(17-8-12-20(30)13-9-17)25(33-27(32-22)18-6-4-3-5-7-18)26(29(36)38-2)39-28(35)19-10-14-21(31)15-11-19/h3-15,26H,16H2,1-2H3. The van der Waals surface area contributed by atoms with Gasteiger partial charge in [0, 0.05) is 11.1 Å². The molecule has 4 aromatic rings. The number of rotatable bonds is 8. The van der Waals surface area contributed by atoms with Gasteiger partial charge in [0.15, 0.2) is 5.82 Å². The van der Waals surface area contributed by atoms with Crippen molar-refractivity contribution in [1.82, 2.24) is 9.97 Å². The molecule has 3 aromatic carbocycles. The van der Waals surface area contributed by atoms with Crippen LogP contribution in [0.25, 0.3) is 22.5 Å². The third-order valence-electron chi connectivity index (χ3n) is 5.68. The summed E-state index contributed by atoms with van der Waals surface area (Å²) in [7, 11) is 2.31. The van der Waals surface area contributed by atoms with Crippen molar-refractivity contribution in [3.05, 3.63) is 107 Å². The van der Waals surface area contributed by atoms with Crippen LogP contribution in [0.3, 0.4) is 0 Å². The molecular weight excluding hydrogens is 510 g/mol. The Morgan fingerprint density at radius 1 is 0.769 bits per heavy atom. The van der Waals surface area contributed by atoms with Crippen LogP contribution in [-0.4, -0.2) is 42.1 Å². The molecular formula is C29H22F2N2O6. The summed E-state index contributed by atoms with van der Waals surface area (Å²) in [5.41, 5.74) is 1.06. The quantitative estimate of drug-likeness (QED) is 0.234.